The Kier molecular flexibility index (Phi) is 4.54. The largest absolute Gasteiger partial charge is 0.292 e. The highest BCUT2D eigenvalue weighted by Crippen LogP contribution is 2.20. The van der Waals surface area contributed by atoms with Crippen LogP contribution in [0.2, 0.25) is 0 Å². The number of nitrogens with zero attached hydrogens (tertiary/aromatic N) is 1. The zero-order valence-electron chi connectivity index (χ0n) is 11.4. The molecule has 1 aromatic carbocycles. The molecule has 2 unspecified atom stereocenters. The molecule has 1 heterocycles. The van der Waals surface area contributed by atoms with Gasteiger partial charge in [0.25, 0.3) is 0 Å². The van der Waals surface area contributed by atoms with Crippen LogP contribution in [0.3, 0.4) is 0 Å². The van der Waals surface area contributed by atoms with E-state index in [4.69, 9.17) is 0 Å². The quantitative estimate of drug-likeness (QED) is 0.759. The molecule has 0 aliphatic carbocycles. The average molecular weight is 245 g/mol. The fourth-order valence-corrected chi connectivity index (χ4v) is 2.87. The zero-order valence-corrected chi connectivity index (χ0v) is 11.4. The van der Waals surface area contributed by atoms with Gasteiger partial charge in [-0.1, -0.05) is 43.2 Å². The molecule has 1 aromatic rings. The summed E-state index contributed by atoms with van der Waals surface area (Å²) in [4.78, 5) is 14.8. The fraction of sp³-hybridized carbons (Fsp3) is 0.562. The Morgan fingerprint density at radius 3 is 2.67 bits per heavy atom. The van der Waals surface area contributed by atoms with E-state index in [1.54, 1.807) is 0 Å². The first-order valence-electron chi connectivity index (χ1n) is 7.05. The maximum absolute atomic E-state index is 12.5. The van der Waals surface area contributed by atoms with Gasteiger partial charge < -0.3 is 0 Å². The fourth-order valence-electron chi connectivity index (χ4n) is 2.87. The highest BCUT2D eigenvalue weighted by atomic mass is 16.1. The first-order chi connectivity index (χ1) is 8.70. The molecule has 0 saturated carbocycles. The summed E-state index contributed by atoms with van der Waals surface area (Å²) >= 11 is 0. The van der Waals surface area contributed by atoms with Gasteiger partial charge in [0.15, 0.2) is 5.78 Å². The van der Waals surface area contributed by atoms with E-state index in [9.17, 15) is 4.79 Å². The normalized spacial score (nSPS) is 23.3. The lowest BCUT2D eigenvalue weighted by Gasteiger charge is -2.32. The minimum absolute atomic E-state index is 0.000463. The summed E-state index contributed by atoms with van der Waals surface area (Å²) in [7, 11) is 0. The number of Topliss-reactive ketones (excluding diaryl/α,β-unsaturated/α-hetero) is 1. The minimum Gasteiger partial charge on any atom is -0.292 e. The second kappa shape index (κ2) is 6.14. The average Bonchev–Trinajstić information content (AvgIpc) is 2.63. The van der Waals surface area contributed by atoms with Crippen LogP contribution in [0.15, 0.2) is 30.3 Å². The zero-order chi connectivity index (χ0) is 13.0. The van der Waals surface area contributed by atoms with Gasteiger partial charge >= 0.3 is 0 Å². The molecule has 18 heavy (non-hydrogen) atoms. The van der Waals surface area contributed by atoms with E-state index in [1.807, 2.05) is 30.3 Å². The predicted molar refractivity (Wildman–Crippen MR) is 74.9 cm³/mol. The summed E-state index contributed by atoms with van der Waals surface area (Å²) < 4.78 is 0. The summed E-state index contributed by atoms with van der Waals surface area (Å²) in [5, 5.41) is 0. The summed E-state index contributed by atoms with van der Waals surface area (Å²) in [5.41, 5.74) is 0.835. The molecule has 1 fully saturated rings. The molecule has 2 rings (SSSR count). The van der Waals surface area contributed by atoms with Gasteiger partial charge in [-0.3, -0.25) is 9.69 Å². The van der Waals surface area contributed by atoms with Gasteiger partial charge in [-0.15, -0.1) is 0 Å². The van der Waals surface area contributed by atoms with Gasteiger partial charge in [0.05, 0.1) is 6.04 Å². The van der Waals surface area contributed by atoms with Gasteiger partial charge in [0.2, 0.25) is 0 Å². The van der Waals surface area contributed by atoms with Gasteiger partial charge in [-0.25, -0.2) is 0 Å². The number of hydrogen-bond acceptors (Lipinski definition) is 2. The van der Waals surface area contributed by atoms with E-state index < -0.39 is 0 Å². The molecule has 2 nitrogen and oxygen atoms in total. The van der Waals surface area contributed by atoms with E-state index in [0.29, 0.717) is 6.04 Å². The second-order valence-corrected chi connectivity index (χ2v) is 5.34. The van der Waals surface area contributed by atoms with E-state index in [1.165, 1.54) is 25.7 Å². The van der Waals surface area contributed by atoms with Crippen molar-refractivity contribution in [3.8, 4) is 0 Å². The highest BCUT2D eigenvalue weighted by molar-refractivity contribution is 5.99. The molecule has 2 heteroatoms. The van der Waals surface area contributed by atoms with Gasteiger partial charge in [0, 0.05) is 11.6 Å². The third kappa shape index (κ3) is 2.99. The van der Waals surface area contributed by atoms with E-state index in [0.717, 1.165) is 12.1 Å². The topological polar surface area (TPSA) is 20.3 Å². The Hall–Kier alpha value is -1.15. The number of rotatable bonds is 3. The van der Waals surface area contributed by atoms with Crippen molar-refractivity contribution < 1.29 is 4.79 Å². The van der Waals surface area contributed by atoms with Crippen LogP contribution in [0.25, 0.3) is 0 Å². The molecular weight excluding hydrogens is 222 g/mol. The molecule has 1 aliphatic rings. The number of carbonyl (C=O) groups is 1. The van der Waals surface area contributed by atoms with Crippen LogP contribution in [0.4, 0.5) is 0 Å². The summed E-state index contributed by atoms with van der Waals surface area (Å²) in [6, 6.07) is 10.2. The number of ketones is 1. The first kappa shape index (κ1) is 13.3. The van der Waals surface area contributed by atoms with Crippen molar-refractivity contribution in [1.82, 2.24) is 4.90 Å². The SMILES string of the molecule is CC1CCCCCN1C(C)C(=O)c1ccccc1. The Labute approximate surface area is 110 Å². The number of benzene rings is 1. The van der Waals surface area contributed by atoms with Crippen molar-refractivity contribution in [2.45, 2.75) is 51.6 Å². The first-order valence-corrected chi connectivity index (χ1v) is 7.05. The van der Waals surface area contributed by atoms with Gasteiger partial charge in [-0.2, -0.15) is 0 Å². The van der Waals surface area contributed by atoms with Crippen molar-refractivity contribution in [3.63, 3.8) is 0 Å². The molecule has 0 N–H and O–H groups in total. The Balaban J connectivity index is 2.10. The van der Waals surface area contributed by atoms with E-state index >= 15 is 0 Å². The van der Waals surface area contributed by atoms with Crippen LogP contribution in [-0.4, -0.2) is 29.3 Å². The van der Waals surface area contributed by atoms with Crippen LogP contribution in [0.5, 0.6) is 0 Å². The van der Waals surface area contributed by atoms with Crippen LogP contribution < -0.4 is 0 Å². The maximum Gasteiger partial charge on any atom is 0.179 e. The Morgan fingerprint density at radius 1 is 1.22 bits per heavy atom. The highest BCUT2D eigenvalue weighted by Gasteiger charge is 2.27. The minimum atomic E-state index is 0.000463. The van der Waals surface area contributed by atoms with Crippen LogP contribution >= 0.6 is 0 Å². The van der Waals surface area contributed by atoms with E-state index in [-0.39, 0.29) is 11.8 Å². The lowest BCUT2D eigenvalue weighted by molar-refractivity contribution is 0.0780. The Morgan fingerprint density at radius 2 is 1.94 bits per heavy atom. The Bertz CT molecular complexity index is 387. The summed E-state index contributed by atoms with van der Waals surface area (Å²) in [6.45, 7) is 5.36. The van der Waals surface area contributed by atoms with Crippen molar-refractivity contribution in [1.29, 1.82) is 0 Å². The van der Waals surface area contributed by atoms with Crippen molar-refractivity contribution in [3.05, 3.63) is 35.9 Å². The standard InChI is InChI=1S/C16H23NO/c1-13-9-5-4-8-12-17(13)14(2)16(18)15-10-6-3-7-11-15/h3,6-7,10-11,13-14H,4-5,8-9,12H2,1-2H3. The smallest absolute Gasteiger partial charge is 0.179 e. The molecular formula is C16H23NO. The third-order valence-electron chi connectivity index (χ3n) is 4.04. The van der Waals surface area contributed by atoms with Crippen molar-refractivity contribution in [2.75, 3.05) is 6.54 Å². The van der Waals surface area contributed by atoms with Crippen LogP contribution in [0, 0.1) is 0 Å². The van der Waals surface area contributed by atoms with Crippen LogP contribution in [0.1, 0.15) is 49.9 Å². The molecule has 0 spiro atoms. The summed E-state index contributed by atoms with van der Waals surface area (Å²) in [6.07, 6.45) is 5.03. The molecule has 0 amide bonds. The summed E-state index contributed by atoms with van der Waals surface area (Å²) in [5.74, 6) is 0.254. The predicted octanol–water partition coefficient (Wildman–Crippen LogP) is 3.52. The second-order valence-electron chi connectivity index (χ2n) is 5.34. The monoisotopic (exact) mass is 245 g/mol. The molecule has 0 aromatic heterocycles. The maximum atomic E-state index is 12.5. The third-order valence-corrected chi connectivity index (χ3v) is 4.04. The molecule has 0 bridgehead atoms. The molecule has 2 atom stereocenters. The van der Waals surface area contributed by atoms with Crippen LogP contribution in [-0.2, 0) is 0 Å². The number of carbonyl (C=O) groups excluding carboxylic acids is 1. The van der Waals surface area contributed by atoms with E-state index in [2.05, 4.69) is 18.7 Å². The van der Waals surface area contributed by atoms with Crippen molar-refractivity contribution in [2.24, 2.45) is 0 Å². The number of likely N-dealkylation sites (tertiary alicyclic amines) is 1. The molecule has 1 saturated heterocycles. The number of hydrogen-bond donors (Lipinski definition) is 0. The van der Waals surface area contributed by atoms with Gasteiger partial charge in [-0.05, 0) is 33.2 Å². The molecule has 1 aliphatic heterocycles. The lowest BCUT2D eigenvalue weighted by Crippen LogP contribution is -2.44. The lowest BCUT2D eigenvalue weighted by atomic mass is 10.0. The van der Waals surface area contributed by atoms with Gasteiger partial charge in [0.1, 0.15) is 0 Å². The molecule has 98 valence electrons. The van der Waals surface area contributed by atoms with Crippen molar-refractivity contribution >= 4 is 5.78 Å². The molecule has 0 radical (unpaired) electrons.